The summed E-state index contributed by atoms with van der Waals surface area (Å²) in [7, 11) is 0. The van der Waals surface area contributed by atoms with E-state index in [4.69, 9.17) is 33.2 Å². The lowest BCUT2D eigenvalue weighted by Crippen LogP contribution is -1.98. The van der Waals surface area contributed by atoms with Gasteiger partial charge in [0.05, 0.1) is 22.2 Å². The number of nitrogens with zero attached hydrogens (tertiary/aromatic N) is 2. The zero-order valence-electron chi connectivity index (χ0n) is 14.3. The number of nitriles is 1. The number of benzene rings is 3. The molecule has 1 N–H and O–H groups in total. The molecule has 28 heavy (non-hydrogen) atoms. The summed E-state index contributed by atoms with van der Waals surface area (Å²) in [6.45, 7) is 0. The molecule has 3 aromatic carbocycles. The normalized spacial score (nSPS) is 10.8. The predicted molar refractivity (Wildman–Crippen MR) is 107 cm³/mol. The van der Waals surface area contributed by atoms with Gasteiger partial charge in [0.2, 0.25) is 0 Å². The molecular formula is C21H12Cl2FN3O. The molecule has 0 fully saturated rings. The maximum Gasteiger partial charge on any atom is 0.181 e. The first-order chi connectivity index (χ1) is 13.5. The number of ether oxygens (including phenoxy) is 1. The molecule has 0 unspecified atom stereocenters. The Kier molecular flexibility index (Phi) is 4.91. The highest BCUT2D eigenvalue weighted by Crippen LogP contribution is 2.36. The Labute approximate surface area is 170 Å². The summed E-state index contributed by atoms with van der Waals surface area (Å²) < 4.78 is 20.8. The van der Waals surface area contributed by atoms with E-state index in [1.165, 1.54) is 18.2 Å². The molecule has 7 heteroatoms. The molecule has 0 spiro atoms. The van der Waals surface area contributed by atoms with Gasteiger partial charge in [0.1, 0.15) is 5.75 Å². The molecular weight excluding hydrogens is 400 g/mol. The molecule has 4 nitrogen and oxygen atoms in total. The van der Waals surface area contributed by atoms with Crippen molar-refractivity contribution < 1.29 is 9.13 Å². The van der Waals surface area contributed by atoms with Crippen molar-refractivity contribution in [3.63, 3.8) is 0 Å². The van der Waals surface area contributed by atoms with Gasteiger partial charge in [-0.2, -0.15) is 10.4 Å². The predicted octanol–water partition coefficient (Wildman–Crippen LogP) is 6.26. The second kappa shape index (κ2) is 7.51. The van der Waals surface area contributed by atoms with Crippen molar-refractivity contribution >= 4 is 34.1 Å². The number of aromatic nitrogens is 2. The van der Waals surface area contributed by atoms with Gasteiger partial charge in [0.25, 0.3) is 0 Å². The molecule has 0 aliphatic rings. The lowest BCUT2D eigenvalue weighted by molar-refractivity contribution is 0.439. The van der Waals surface area contributed by atoms with E-state index in [1.54, 1.807) is 12.1 Å². The summed E-state index contributed by atoms with van der Waals surface area (Å²) >= 11 is 12.1. The van der Waals surface area contributed by atoms with Crippen molar-refractivity contribution in [2.75, 3.05) is 0 Å². The largest absolute Gasteiger partial charge is 0.453 e. The van der Waals surface area contributed by atoms with E-state index in [2.05, 4.69) is 10.2 Å². The summed E-state index contributed by atoms with van der Waals surface area (Å²) in [5.74, 6) is -0.465. The molecule has 1 heterocycles. The van der Waals surface area contributed by atoms with Gasteiger partial charge in [-0.15, -0.1) is 0 Å². The lowest BCUT2D eigenvalue weighted by atomic mass is 10.1. The van der Waals surface area contributed by atoms with Gasteiger partial charge in [-0.25, -0.2) is 4.39 Å². The number of fused-ring (bicyclic) bond motifs is 1. The van der Waals surface area contributed by atoms with Crippen LogP contribution in [0.5, 0.6) is 11.5 Å². The minimum absolute atomic E-state index is 0.117. The first-order valence-electron chi connectivity index (χ1n) is 8.32. The van der Waals surface area contributed by atoms with E-state index in [0.29, 0.717) is 22.6 Å². The second-order valence-corrected chi connectivity index (χ2v) is 6.98. The molecule has 0 radical (unpaired) electrons. The van der Waals surface area contributed by atoms with Gasteiger partial charge in [-0.3, -0.25) is 5.10 Å². The second-order valence-electron chi connectivity index (χ2n) is 6.14. The topological polar surface area (TPSA) is 61.7 Å². The number of halogens is 3. The highest BCUT2D eigenvalue weighted by molar-refractivity contribution is 6.32. The zero-order valence-corrected chi connectivity index (χ0v) is 15.9. The van der Waals surface area contributed by atoms with E-state index in [9.17, 15) is 0 Å². The van der Waals surface area contributed by atoms with Crippen LogP contribution in [0.2, 0.25) is 10.0 Å². The van der Waals surface area contributed by atoms with Gasteiger partial charge in [-0.05, 0) is 35.9 Å². The average molecular weight is 412 g/mol. The summed E-state index contributed by atoms with van der Waals surface area (Å²) in [5, 5.41) is 17.6. The Morgan fingerprint density at radius 3 is 2.75 bits per heavy atom. The molecule has 0 aliphatic heterocycles. The van der Waals surface area contributed by atoms with Gasteiger partial charge >= 0.3 is 0 Å². The number of nitrogens with one attached hydrogen (secondary N) is 1. The van der Waals surface area contributed by atoms with Gasteiger partial charge in [0.15, 0.2) is 11.6 Å². The summed E-state index contributed by atoms with van der Waals surface area (Å²) in [4.78, 5) is 0. The minimum atomic E-state index is -0.579. The molecule has 1 aromatic heterocycles. The van der Waals surface area contributed by atoms with Crippen LogP contribution < -0.4 is 4.74 Å². The standard InChI is InChI=1S/C21H12Cl2FN3O/c22-14-7-12(11-25)8-15(10-14)28-21-17(23)6-5-13(20(21)24)9-19-16-3-1-2-4-18(16)26-27-19/h1-8,10H,9H2,(H,26,27). The Balaban J connectivity index is 1.70. The smallest absolute Gasteiger partial charge is 0.181 e. The van der Waals surface area contributed by atoms with Crippen LogP contribution in [0, 0.1) is 17.1 Å². The van der Waals surface area contributed by atoms with Crippen LogP contribution in [-0.4, -0.2) is 10.2 Å². The number of H-pyrrole nitrogens is 1. The first kappa shape index (κ1) is 18.3. The molecule has 0 atom stereocenters. The number of hydrogen-bond donors (Lipinski definition) is 1. The lowest BCUT2D eigenvalue weighted by Gasteiger charge is -2.12. The number of aromatic amines is 1. The Morgan fingerprint density at radius 2 is 1.93 bits per heavy atom. The van der Waals surface area contributed by atoms with Crippen molar-refractivity contribution in [2.24, 2.45) is 0 Å². The molecule has 0 aliphatic carbocycles. The Bertz CT molecular complexity index is 1230. The van der Waals surface area contributed by atoms with Gasteiger partial charge in [-0.1, -0.05) is 47.5 Å². The van der Waals surface area contributed by atoms with Crippen molar-refractivity contribution in [3.05, 3.63) is 87.3 Å². The third-order valence-electron chi connectivity index (χ3n) is 4.26. The fourth-order valence-electron chi connectivity index (χ4n) is 2.95. The van der Waals surface area contributed by atoms with E-state index in [-0.39, 0.29) is 16.5 Å². The van der Waals surface area contributed by atoms with Gasteiger partial charge < -0.3 is 4.74 Å². The van der Waals surface area contributed by atoms with Crippen LogP contribution in [0.15, 0.2) is 54.6 Å². The third kappa shape index (κ3) is 3.53. The quantitative estimate of drug-likeness (QED) is 0.430. The minimum Gasteiger partial charge on any atom is -0.453 e. The summed E-state index contributed by atoms with van der Waals surface area (Å²) in [6.07, 6.45) is 0.291. The molecule has 0 bridgehead atoms. The number of rotatable bonds is 4. The maximum absolute atomic E-state index is 15.2. The molecule has 0 saturated carbocycles. The number of hydrogen-bond acceptors (Lipinski definition) is 3. The number of para-hydroxylation sites is 1. The van der Waals surface area contributed by atoms with Crippen LogP contribution in [-0.2, 0) is 6.42 Å². The first-order valence-corrected chi connectivity index (χ1v) is 9.08. The summed E-state index contributed by atoms with van der Waals surface area (Å²) in [5.41, 5.74) is 2.30. The van der Waals surface area contributed by atoms with Gasteiger partial charge in [0, 0.05) is 22.5 Å². The van der Waals surface area contributed by atoms with Crippen molar-refractivity contribution in [1.82, 2.24) is 10.2 Å². The Morgan fingerprint density at radius 1 is 1.11 bits per heavy atom. The van der Waals surface area contributed by atoms with Crippen LogP contribution in [0.25, 0.3) is 10.9 Å². The third-order valence-corrected chi connectivity index (χ3v) is 4.77. The SMILES string of the molecule is N#Cc1cc(Cl)cc(Oc2c(Cl)ccc(Cc3[nH]nc4ccccc34)c2F)c1. The van der Waals surface area contributed by atoms with Crippen LogP contribution in [0.3, 0.4) is 0 Å². The van der Waals surface area contributed by atoms with Crippen molar-refractivity contribution in [3.8, 4) is 17.6 Å². The fourth-order valence-corrected chi connectivity index (χ4v) is 3.36. The van der Waals surface area contributed by atoms with Crippen LogP contribution in [0.1, 0.15) is 16.8 Å². The molecule has 4 aromatic rings. The highest BCUT2D eigenvalue weighted by atomic mass is 35.5. The van der Waals surface area contributed by atoms with Crippen molar-refractivity contribution in [2.45, 2.75) is 6.42 Å². The molecule has 138 valence electrons. The summed E-state index contributed by atoms with van der Waals surface area (Å²) in [6, 6.07) is 17.2. The maximum atomic E-state index is 15.2. The molecule has 4 rings (SSSR count). The van der Waals surface area contributed by atoms with E-state index < -0.39 is 5.82 Å². The van der Waals surface area contributed by atoms with Crippen LogP contribution >= 0.6 is 23.2 Å². The fraction of sp³-hybridized carbons (Fsp3) is 0.0476. The zero-order chi connectivity index (χ0) is 19.7. The average Bonchev–Trinajstić information content (AvgIpc) is 3.10. The van der Waals surface area contributed by atoms with E-state index in [1.807, 2.05) is 30.3 Å². The monoisotopic (exact) mass is 411 g/mol. The molecule has 0 amide bonds. The van der Waals surface area contributed by atoms with Crippen LogP contribution in [0.4, 0.5) is 4.39 Å². The highest BCUT2D eigenvalue weighted by Gasteiger charge is 2.17. The Hall–Kier alpha value is -3.07. The van der Waals surface area contributed by atoms with E-state index >= 15 is 4.39 Å². The molecule has 0 saturated heterocycles. The van der Waals surface area contributed by atoms with E-state index in [0.717, 1.165) is 16.6 Å². The van der Waals surface area contributed by atoms with Crippen molar-refractivity contribution in [1.29, 1.82) is 5.26 Å².